The second-order valence-corrected chi connectivity index (χ2v) is 10.3. The standard InChI is InChI=1S/C25H30N4OS2/c1-16(2)17(3)28-30-18(4)19-12-14-29(15-13-19)23-11-10-22-25(27-23)32-24(26-22)20-6-8-21(31-5)9-7-20/h6-11,16,19H,4,12-15H2,1-3,5H3/b28-17+. The van der Waals surface area contributed by atoms with Crippen LogP contribution in [0, 0.1) is 11.8 Å². The molecule has 3 heterocycles. The molecule has 0 N–H and O–H groups in total. The summed E-state index contributed by atoms with van der Waals surface area (Å²) in [6, 6.07) is 12.7. The smallest absolute Gasteiger partial charge is 0.146 e. The van der Waals surface area contributed by atoms with Gasteiger partial charge in [0.2, 0.25) is 0 Å². The number of pyridine rings is 1. The Morgan fingerprint density at radius 3 is 2.53 bits per heavy atom. The van der Waals surface area contributed by atoms with Crippen molar-refractivity contribution in [1.29, 1.82) is 0 Å². The highest BCUT2D eigenvalue weighted by atomic mass is 32.2. The fraction of sp³-hybridized carbons (Fsp3) is 0.400. The summed E-state index contributed by atoms with van der Waals surface area (Å²) in [6.07, 6.45) is 4.07. The summed E-state index contributed by atoms with van der Waals surface area (Å²) in [5.74, 6) is 2.50. The highest BCUT2D eigenvalue weighted by Gasteiger charge is 2.24. The molecule has 0 bridgehead atoms. The third kappa shape index (κ3) is 5.15. The molecule has 0 aliphatic carbocycles. The molecule has 1 aliphatic rings. The van der Waals surface area contributed by atoms with E-state index in [9.17, 15) is 0 Å². The van der Waals surface area contributed by atoms with Crippen molar-refractivity contribution in [3.63, 3.8) is 0 Å². The number of fused-ring (bicyclic) bond motifs is 1. The van der Waals surface area contributed by atoms with Crippen LogP contribution in [0.25, 0.3) is 20.9 Å². The lowest BCUT2D eigenvalue weighted by Gasteiger charge is -2.32. The highest BCUT2D eigenvalue weighted by Crippen LogP contribution is 2.33. The molecule has 7 heteroatoms. The Balaban J connectivity index is 1.41. The van der Waals surface area contributed by atoms with Gasteiger partial charge >= 0.3 is 0 Å². The van der Waals surface area contributed by atoms with Crippen molar-refractivity contribution >= 4 is 45.0 Å². The summed E-state index contributed by atoms with van der Waals surface area (Å²) >= 11 is 3.40. The topological polar surface area (TPSA) is 50.6 Å². The van der Waals surface area contributed by atoms with Gasteiger partial charge in [-0.3, -0.25) is 0 Å². The van der Waals surface area contributed by atoms with E-state index in [1.807, 2.05) is 6.92 Å². The zero-order chi connectivity index (χ0) is 22.7. The molecule has 0 amide bonds. The molecular formula is C25H30N4OS2. The van der Waals surface area contributed by atoms with Gasteiger partial charge in [-0.2, -0.15) is 0 Å². The number of rotatable bonds is 7. The predicted octanol–water partition coefficient (Wildman–Crippen LogP) is 6.86. The molecule has 0 spiro atoms. The number of hydrogen-bond acceptors (Lipinski definition) is 7. The minimum Gasteiger partial charge on any atom is -0.362 e. The predicted molar refractivity (Wildman–Crippen MR) is 138 cm³/mol. The number of allylic oxidation sites excluding steroid dienone is 1. The van der Waals surface area contributed by atoms with Gasteiger partial charge in [0, 0.05) is 29.5 Å². The molecule has 0 radical (unpaired) electrons. The summed E-state index contributed by atoms with van der Waals surface area (Å²) in [7, 11) is 0. The molecule has 0 unspecified atom stereocenters. The van der Waals surface area contributed by atoms with E-state index in [2.05, 4.69) is 73.1 Å². The van der Waals surface area contributed by atoms with E-state index in [1.54, 1.807) is 23.1 Å². The fourth-order valence-corrected chi connectivity index (χ4v) is 4.93. The van der Waals surface area contributed by atoms with Gasteiger partial charge in [0.05, 0.1) is 5.71 Å². The molecule has 32 heavy (non-hydrogen) atoms. The maximum Gasteiger partial charge on any atom is 0.146 e. The van der Waals surface area contributed by atoms with Gasteiger partial charge in [-0.15, -0.1) is 11.8 Å². The average molecular weight is 467 g/mol. The van der Waals surface area contributed by atoms with Gasteiger partial charge < -0.3 is 9.74 Å². The number of hydrogen-bond donors (Lipinski definition) is 0. The Kier molecular flexibility index (Phi) is 7.16. The van der Waals surface area contributed by atoms with Gasteiger partial charge in [-0.05, 0) is 56.2 Å². The second kappa shape index (κ2) is 10.0. The van der Waals surface area contributed by atoms with Crippen LogP contribution in [0.4, 0.5) is 5.82 Å². The molecule has 1 saturated heterocycles. The first kappa shape index (κ1) is 22.8. The largest absolute Gasteiger partial charge is 0.362 e. The van der Waals surface area contributed by atoms with Crippen LogP contribution < -0.4 is 4.90 Å². The zero-order valence-corrected chi connectivity index (χ0v) is 20.8. The van der Waals surface area contributed by atoms with Crippen LogP contribution in [0.3, 0.4) is 0 Å². The minimum atomic E-state index is 0.331. The van der Waals surface area contributed by atoms with Crippen LogP contribution in [0.2, 0.25) is 0 Å². The van der Waals surface area contributed by atoms with E-state index in [0.717, 1.165) is 64.1 Å². The van der Waals surface area contributed by atoms with Gasteiger partial charge in [0.15, 0.2) is 0 Å². The van der Waals surface area contributed by atoms with E-state index >= 15 is 0 Å². The summed E-state index contributed by atoms with van der Waals surface area (Å²) < 4.78 is 0. The quantitative estimate of drug-likeness (QED) is 0.165. The monoisotopic (exact) mass is 466 g/mol. The number of thiazole rings is 1. The van der Waals surface area contributed by atoms with Crippen LogP contribution in [-0.2, 0) is 4.84 Å². The van der Waals surface area contributed by atoms with Crippen molar-refractivity contribution in [2.75, 3.05) is 24.2 Å². The third-order valence-electron chi connectivity index (χ3n) is 5.99. The first-order valence-corrected chi connectivity index (χ1v) is 13.1. The van der Waals surface area contributed by atoms with Crippen molar-refractivity contribution in [2.24, 2.45) is 17.0 Å². The Labute approximate surface area is 198 Å². The lowest BCUT2D eigenvalue weighted by molar-refractivity contribution is 0.176. The number of benzene rings is 1. The maximum atomic E-state index is 5.61. The Morgan fingerprint density at radius 1 is 1.16 bits per heavy atom. The Bertz CT molecular complexity index is 1110. The summed E-state index contributed by atoms with van der Waals surface area (Å²) in [6.45, 7) is 12.2. The van der Waals surface area contributed by atoms with Crippen molar-refractivity contribution in [2.45, 2.75) is 38.5 Å². The first-order chi connectivity index (χ1) is 15.4. The number of piperidine rings is 1. The average Bonchev–Trinajstić information content (AvgIpc) is 3.25. The van der Waals surface area contributed by atoms with E-state index in [4.69, 9.17) is 14.8 Å². The lowest BCUT2D eigenvalue weighted by Crippen LogP contribution is -2.34. The fourth-order valence-electron chi connectivity index (χ4n) is 3.58. The van der Waals surface area contributed by atoms with Crippen molar-refractivity contribution in [3.8, 4) is 10.6 Å². The van der Waals surface area contributed by atoms with Gasteiger partial charge in [-0.1, -0.05) is 49.1 Å². The molecule has 5 nitrogen and oxygen atoms in total. The lowest BCUT2D eigenvalue weighted by atomic mass is 9.95. The molecule has 1 aliphatic heterocycles. The van der Waals surface area contributed by atoms with E-state index in [-0.39, 0.29) is 0 Å². The van der Waals surface area contributed by atoms with Crippen LogP contribution in [0.5, 0.6) is 0 Å². The number of aromatic nitrogens is 2. The zero-order valence-electron chi connectivity index (χ0n) is 19.2. The normalized spacial score (nSPS) is 15.5. The summed E-state index contributed by atoms with van der Waals surface area (Å²) in [4.78, 5) is 19.9. The first-order valence-electron chi connectivity index (χ1n) is 11.0. The summed E-state index contributed by atoms with van der Waals surface area (Å²) in [5.41, 5.74) is 3.09. The van der Waals surface area contributed by atoms with Gasteiger partial charge in [0.1, 0.15) is 26.9 Å². The van der Waals surface area contributed by atoms with Crippen molar-refractivity contribution < 1.29 is 4.84 Å². The van der Waals surface area contributed by atoms with Crippen molar-refractivity contribution in [1.82, 2.24) is 9.97 Å². The van der Waals surface area contributed by atoms with Crippen LogP contribution in [-0.4, -0.2) is 35.0 Å². The molecular weight excluding hydrogens is 436 g/mol. The van der Waals surface area contributed by atoms with E-state index < -0.39 is 0 Å². The number of nitrogens with zero attached hydrogens (tertiary/aromatic N) is 4. The van der Waals surface area contributed by atoms with Crippen LogP contribution >= 0.6 is 23.1 Å². The maximum absolute atomic E-state index is 5.61. The van der Waals surface area contributed by atoms with Crippen LogP contribution in [0.15, 0.2) is 58.8 Å². The van der Waals surface area contributed by atoms with Crippen molar-refractivity contribution in [3.05, 3.63) is 48.7 Å². The molecule has 3 aromatic rings. The number of anilines is 1. The third-order valence-corrected chi connectivity index (χ3v) is 7.75. The molecule has 1 aromatic carbocycles. The minimum absolute atomic E-state index is 0.331. The number of thioether (sulfide) groups is 1. The number of oxime groups is 1. The second-order valence-electron chi connectivity index (χ2n) is 8.45. The molecule has 2 aromatic heterocycles. The molecule has 0 saturated carbocycles. The molecule has 1 fully saturated rings. The Hall–Kier alpha value is -2.38. The SMILES string of the molecule is C=C(O/N=C(\C)C(C)C)C1CCN(c2ccc3nc(-c4ccc(SC)cc4)sc3n2)CC1. The highest BCUT2D eigenvalue weighted by molar-refractivity contribution is 7.98. The Morgan fingerprint density at radius 2 is 1.88 bits per heavy atom. The van der Waals surface area contributed by atoms with Crippen LogP contribution in [0.1, 0.15) is 33.6 Å². The summed E-state index contributed by atoms with van der Waals surface area (Å²) in [5, 5.41) is 5.25. The molecule has 4 rings (SSSR count). The molecule has 168 valence electrons. The van der Waals surface area contributed by atoms with Gasteiger partial charge in [-0.25, -0.2) is 9.97 Å². The van der Waals surface area contributed by atoms with E-state index in [1.165, 1.54) is 4.90 Å². The van der Waals surface area contributed by atoms with E-state index in [0.29, 0.717) is 11.8 Å². The van der Waals surface area contributed by atoms with Gasteiger partial charge in [0.25, 0.3) is 0 Å². The molecule has 0 atom stereocenters.